The average molecular weight is 357 g/mol. The zero-order chi connectivity index (χ0) is 17.7. The van der Waals surface area contributed by atoms with E-state index in [2.05, 4.69) is 0 Å². The molecule has 1 atom stereocenters. The van der Waals surface area contributed by atoms with Gasteiger partial charge in [0.15, 0.2) is 16.4 Å². The van der Waals surface area contributed by atoms with E-state index in [0.717, 1.165) is 0 Å². The van der Waals surface area contributed by atoms with E-state index in [4.69, 9.17) is 4.74 Å². The molecule has 6 nitrogen and oxygen atoms in total. The predicted molar refractivity (Wildman–Crippen MR) is 85.2 cm³/mol. The summed E-state index contributed by atoms with van der Waals surface area (Å²) in [4.78, 5) is 24.9. The van der Waals surface area contributed by atoms with E-state index < -0.39 is 34.1 Å². The topological polar surface area (TPSA) is 80.8 Å². The Morgan fingerprint density at radius 3 is 2.67 bits per heavy atom. The molecule has 0 radical (unpaired) electrons. The van der Waals surface area contributed by atoms with Crippen LogP contribution in [-0.4, -0.2) is 50.4 Å². The minimum Gasteiger partial charge on any atom is -0.456 e. The van der Waals surface area contributed by atoms with Gasteiger partial charge in [0.25, 0.3) is 5.91 Å². The highest BCUT2D eigenvalue weighted by atomic mass is 32.2. The number of hydrogen-bond acceptors (Lipinski definition) is 5. The van der Waals surface area contributed by atoms with Gasteiger partial charge in [0, 0.05) is 25.6 Å². The lowest BCUT2D eigenvalue weighted by Crippen LogP contribution is -2.31. The third-order valence-electron chi connectivity index (χ3n) is 3.93. The number of likely N-dealkylation sites (N-methyl/N-ethyl adjacent to an activating group) is 1. The molecule has 0 aliphatic carbocycles. The second-order valence-electron chi connectivity index (χ2n) is 5.98. The second kappa shape index (κ2) is 7.74. The van der Waals surface area contributed by atoms with Crippen LogP contribution in [0, 0.1) is 11.7 Å². The first kappa shape index (κ1) is 18.4. The Kier molecular flexibility index (Phi) is 5.93. The molecule has 0 aromatic heterocycles. The smallest absolute Gasteiger partial charge is 0.306 e. The van der Waals surface area contributed by atoms with Crippen molar-refractivity contribution in [2.45, 2.75) is 19.4 Å². The van der Waals surface area contributed by atoms with E-state index in [1.807, 2.05) is 0 Å². The number of benzene rings is 1. The van der Waals surface area contributed by atoms with Crippen molar-refractivity contribution in [2.24, 2.45) is 5.92 Å². The fraction of sp³-hybridized carbons (Fsp3) is 0.500. The van der Waals surface area contributed by atoms with Gasteiger partial charge in [0.2, 0.25) is 0 Å². The first-order chi connectivity index (χ1) is 11.3. The lowest BCUT2D eigenvalue weighted by Gasteiger charge is -2.17. The van der Waals surface area contributed by atoms with Crippen molar-refractivity contribution in [3.8, 4) is 0 Å². The third kappa shape index (κ3) is 5.30. The maximum atomic E-state index is 13.5. The van der Waals surface area contributed by atoms with Crippen LogP contribution in [0.25, 0.3) is 0 Å². The lowest BCUT2D eigenvalue weighted by atomic mass is 10.1. The van der Waals surface area contributed by atoms with Crippen molar-refractivity contribution < 1.29 is 27.1 Å². The van der Waals surface area contributed by atoms with Crippen molar-refractivity contribution in [3.05, 3.63) is 35.6 Å². The number of esters is 1. The lowest BCUT2D eigenvalue weighted by molar-refractivity contribution is -0.152. The first-order valence-electron chi connectivity index (χ1n) is 7.60. The van der Waals surface area contributed by atoms with Crippen LogP contribution in [0.1, 0.15) is 18.4 Å². The quantitative estimate of drug-likeness (QED) is 0.714. The SMILES string of the molecule is CN(Cc1ccccc1F)C(=O)COC(=O)CC1CCS(=O)(=O)C1. The molecule has 1 aromatic rings. The number of amides is 1. The van der Waals surface area contributed by atoms with Gasteiger partial charge in [-0.05, 0) is 18.4 Å². The number of carbonyl (C=O) groups is 2. The number of ether oxygens (including phenoxy) is 1. The van der Waals surface area contributed by atoms with Gasteiger partial charge in [-0.1, -0.05) is 18.2 Å². The highest BCUT2D eigenvalue weighted by Crippen LogP contribution is 2.21. The Labute approximate surface area is 140 Å². The number of sulfone groups is 1. The van der Waals surface area contributed by atoms with Gasteiger partial charge in [-0.25, -0.2) is 12.8 Å². The zero-order valence-electron chi connectivity index (χ0n) is 13.4. The van der Waals surface area contributed by atoms with Crippen molar-refractivity contribution >= 4 is 21.7 Å². The molecule has 0 spiro atoms. The molecule has 1 fully saturated rings. The number of hydrogen-bond donors (Lipinski definition) is 0. The molecule has 2 rings (SSSR count). The Morgan fingerprint density at radius 2 is 2.04 bits per heavy atom. The number of carbonyl (C=O) groups excluding carboxylic acids is 2. The molecule has 0 N–H and O–H groups in total. The molecular formula is C16H20FNO5S. The molecule has 1 aliphatic heterocycles. The zero-order valence-corrected chi connectivity index (χ0v) is 14.2. The van der Waals surface area contributed by atoms with Gasteiger partial charge in [-0.2, -0.15) is 0 Å². The van der Waals surface area contributed by atoms with Gasteiger partial charge in [-0.3, -0.25) is 9.59 Å². The molecule has 1 heterocycles. The van der Waals surface area contributed by atoms with Gasteiger partial charge >= 0.3 is 5.97 Å². The summed E-state index contributed by atoms with van der Waals surface area (Å²) in [5.74, 6) is -1.61. The maximum absolute atomic E-state index is 13.5. The summed E-state index contributed by atoms with van der Waals surface area (Å²) in [7, 11) is -1.55. The largest absolute Gasteiger partial charge is 0.456 e. The third-order valence-corrected chi connectivity index (χ3v) is 5.77. The van der Waals surface area contributed by atoms with E-state index in [-0.39, 0.29) is 30.4 Å². The minimum atomic E-state index is -3.04. The molecular weight excluding hydrogens is 337 g/mol. The monoisotopic (exact) mass is 357 g/mol. The van der Waals surface area contributed by atoms with Gasteiger partial charge in [-0.15, -0.1) is 0 Å². The molecule has 1 aromatic carbocycles. The van der Waals surface area contributed by atoms with Gasteiger partial charge in [0.1, 0.15) is 5.82 Å². The Morgan fingerprint density at radius 1 is 1.33 bits per heavy atom. The van der Waals surface area contributed by atoms with Crippen molar-refractivity contribution in [3.63, 3.8) is 0 Å². The molecule has 132 valence electrons. The van der Waals surface area contributed by atoms with Crippen molar-refractivity contribution in [1.29, 1.82) is 0 Å². The highest BCUT2D eigenvalue weighted by Gasteiger charge is 2.30. The molecule has 1 aliphatic rings. The van der Waals surface area contributed by atoms with Crippen LogP contribution in [0.5, 0.6) is 0 Å². The van der Waals surface area contributed by atoms with E-state index in [9.17, 15) is 22.4 Å². The fourth-order valence-corrected chi connectivity index (χ4v) is 4.41. The van der Waals surface area contributed by atoms with E-state index >= 15 is 0 Å². The predicted octanol–water partition coefficient (Wildman–Crippen LogP) is 1.15. The Bertz CT molecular complexity index is 719. The van der Waals surface area contributed by atoms with Gasteiger partial charge < -0.3 is 9.64 Å². The molecule has 24 heavy (non-hydrogen) atoms. The summed E-state index contributed by atoms with van der Waals surface area (Å²) in [6.07, 6.45) is 0.433. The van der Waals surface area contributed by atoms with E-state index in [0.29, 0.717) is 12.0 Å². The Balaban J connectivity index is 1.76. The van der Waals surface area contributed by atoms with Crippen LogP contribution in [0.4, 0.5) is 4.39 Å². The summed E-state index contributed by atoms with van der Waals surface area (Å²) >= 11 is 0. The molecule has 0 bridgehead atoms. The van der Waals surface area contributed by atoms with Crippen LogP contribution >= 0.6 is 0 Å². The normalized spacial score (nSPS) is 19.0. The highest BCUT2D eigenvalue weighted by molar-refractivity contribution is 7.91. The van der Waals surface area contributed by atoms with E-state index in [1.54, 1.807) is 18.2 Å². The molecule has 1 unspecified atom stereocenters. The second-order valence-corrected chi connectivity index (χ2v) is 8.20. The fourth-order valence-electron chi connectivity index (χ4n) is 2.55. The van der Waals surface area contributed by atoms with Crippen LogP contribution in [-0.2, 0) is 30.7 Å². The number of rotatable bonds is 6. The number of nitrogens with zero attached hydrogens (tertiary/aromatic N) is 1. The summed E-state index contributed by atoms with van der Waals surface area (Å²) in [5.41, 5.74) is 0.371. The standard InChI is InChI=1S/C16H20FNO5S/c1-18(9-13-4-2-3-5-14(13)17)15(19)10-23-16(20)8-12-6-7-24(21,22)11-12/h2-5,12H,6-11H2,1H3. The van der Waals surface area contributed by atoms with Crippen LogP contribution in [0.3, 0.4) is 0 Å². The maximum Gasteiger partial charge on any atom is 0.306 e. The summed E-state index contributed by atoms with van der Waals surface area (Å²) in [5, 5.41) is 0. The van der Waals surface area contributed by atoms with E-state index in [1.165, 1.54) is 18.0 Å². The first-order valence-corrected chi connectivity index (χ1v) is 9.42. The van der Waals surface area contributed by atoms with Crippen LogP contribution in [0.2, 0.25) is 0 Å². The minimum absolute atomic E-state index is 0.0104. The number of halogens is 1. The summed E-state index contributed by atoms with van der Waals surface area (Å²) in [6, 6.07) is 6.12. The molecule has 1 saturated heterocycles. The molecule has 8 heteroatoms. The van der Waals surface area contributed by atoms with Crippen LogP contribution in [0.15, 0.2) is 24.3 Å². The summed E-state index contributed by atoms with van der Waals surface area (Å²) < 4.78 is 41.1. The van der Waals surface area contributed by atoms with Gasteiger partial charge in [0.05, 0.1) is 11.5 Å². The molecule has 1 amide bonds. The Hall–Kier alpha value is -1.96. The van der Waals surface area contributed by atoms with Crippen LogP contribution < -0.4 is 0 Å². The summed E-state index contributed by atoms with van der Waals surface area (Å²) in [6.45, 7) is -0.368. The average Bonchev–Trinajstić information content (AvgIpc) is 2.85. The molecule has 0 saturated carbocycles. The van der Waals surface area contributed by atoms with Crippen molar-refractivity contribution in [2.75, 3.05) is 25.2 Å². The van der Waals surface area contributed by atoms with Crippen molar-refractivity contribution in [1.82, 2.24) is 4.90 Å².